The molecule has 1 fully saturated rings. The van der Waals surface area contributed by atoms with Crippen molar-refractivity contribution < 1.29 is 22.7 Å². The summed E-state index contributed by atoms with van der Waals surface area (Å²) in [4.78, 5) is 11.1. The molecule has 0 saturated carbocycles. The Morgan fingerprint density at radius 1 is 1.59 bits per heavy atom. The zero-order chi connectivity index (χ0) is 12.9. The highest BCUT2D eigenvalue weighted by atomic mass is 32.2. The molecule has 1 aliphatic heterocycles. The molecule has 0 aromatic heterocycles. The second-order valence-electron chi connectivity index (χ2n) is 3.63. The van der Waals surface area contributed by atoms with E-state index in [-0.39, 0.29) is 19.6 Å². The van der Waals surface area contributed by atoms with E-state index in [2.05, 4.69) is 9.46 Å². The molecule has 0 bridgehead atoms. The van der Waals surface area contributed by atoms with Crippen molar-refractivity contribution in [3.05, 3.63) is 0 Å². The van der Waals surface area contributed by atoms with E-state index >= 15 is 0 Å². The van der Waals surface area contributed by atoms with Crippen LogP contribution in [0, 0.1) is 0 Å². The van der Waals surface area contributed by atoms with Gasteiger partial charge in [-0.05, 0) is 0 Å². The van der Waals surface area contributed by atoms with Crippen molar-refractivity contribution >= 4 is 16.2 Å². The summed E-state index contributed by atoms with van der Waals surface area (Å²) in [5.41, 5.74) is 0. The molecule has 7 nitrogen and oxygen atoms in total. The number of nitrogens with one attached hydrogen (secondary N) is 1. The number of morpholine rings is 1. The summed E-state index contributed by atoms with van der Waals surface area (Å²) in [6.07, 6.45) is -0.376. The maximum atomic E-state index is 11.7. The van der Waals surface area contributed by atoms with Crippen LogP contribution in [0.1, 0.15) is 13.3 Å². The van der Waals surface area contributed by atoms with Gasteiger partial charge in [-0.25, -0.2) is 4.72 Å². The summed E-state index contributed by atoms with van der Waals surface area (Å²) in [5, 5.41) is 0. The van der Waals surface area contributed by atoms with Crippen molar-refractivity contribution in [2.75, 3.05) is 33.4 Å². The summed E-state index contributed by atoms with van der Waals surface area (Å²) in [7, 11) is -2.17. The van der Waals surface area contributed by atoms with Crippen molar-refractivity contribution in [1.29, 1.82) is 0 Å². The van der Waals surface area contributed by atoms with Gasteiger partial charge >= 0.3 is 5.97 Å². The van der Waals surface area contributed by atoms with Crippen LogP contribution in [0.2, 0.25) is 0 Å². The Morgan fingerprint density at radius 3 is 2.88 bits per heavy atom. The van der Waals surface area contributed by atoms with Crippen LogP contribution >= 0.6 is 0 Å². The van der Waals surface area contributed by atoms with Crippen molar-refractivity contribution in [3.8, 4) is 0 Å². The molecule has 0 amide bonds. The predicted molar refractivity (Wildman–Crippen MR) is 60.5 cm³/mol. The fourth-order valence-electron chi connectivity index (χ4n) is 1.58. The number of nitrogens with zero attached hydrogens (tertiary/aromatic N) is 1. The largest absolute Gasteiger partial charge is 0.469 e. The number of hydrogen-bond donors (Lipinski definition) is 1. The smallest absolute Gasteiger partial charge is 0.308 e. The molecule has 8 heteroatoms. The third kappa shape index (κ3) is 4.23. The van der Waals surface area contributed by atoms with Gasteiger partial charge < -0.3 is 9.47 Å². The second kappa shape index (κ2) is 6.29. The topological polar surface area (TPSA) is 84.9 Å². The minimum Gasteiger partial charge on any atom is -0.469 e. The van der Waals surface area contributed by atoms with Crippen molar-refractivity contribution in [2.24, 2.45) is 0 Å². The van der Waals surface area contributed by atoms with E-state index in [4.69, 9.17) is 4.74 Å². The van der Waals surface area contributed by atoms with E-state index in [1.807, 2.05) is 0 Å². The summed E-state index contributed by atoms with van der Waals surface area (Å²) in [5.74, 6) is -0.405. The summed E-state index contributed by atoms with van der Waals surface area (Å²) in [6, 6.07) is 0. The molecule has 1 unspecified atom stereocenters. The molecule has 0 aromatic rings. The van der Waals surface area contributed by atoms with E-state index in [0.29, 0.717) is 13.1 Å². The lowest BCUT2D eigenvalue weighted by Gasteiger charge is -2.31. The van der Waals surface area contributed by atoms with Gasteiger partial charge in [0.25, 0.3) is 10.2 Å². The van der Waals surface area contributed by atoms with Crippen LogP contribution in [-0.2, 0) is 24.5 Å². The first-order valence-electron chi connectivity index (χ1n) is 5.42. The monoisotopic (exact) mass is 266 g/mol. The second-order valence-corrected chi connectivity index (χ2v) is 5.39. The first-order valence-corrected chi connectivity index (χ1v) is 6.86. The van der Waals surface area contributed by atoms with Crippen LogP contribution in [0.4, 0.5) is 0 Å². The Hall–Kier alpha value is -0.700. The van der Waals surface area contributed by atoms with Crippen molar-refractivity contribution in [1.82, 2.24) is 9.03 Å². The predicted octanol–water partition coefficient (Wildman–Crippen LogP) is -0.895. The quantitative estimate of drug-likeness (QED) is 0.652. The minimum absolute atomic E-state index is 0.0641. The average Bonchev–Trinajstić information content (AvgIpc) is 2.29. The van der Waals surface area contributed by atoms with E-state index < -0.39 is 22.3 Å². The molecule has 0 aliphatic carbocycles. The standard InChI is InChI=1S/C9H18N2O5S/c1-3-10-17(13,14)11-4-5-16-8(7-11)6-9(12)15-2/h8,10H,3-7H2,1-2H3. The lowest BCUT2D eigenvalue weighted by Crippen LogP contribution is -2.50. The molecular formula is C9H18N2O5S. The first-order chi connectivity index (χ1) is 7.99. The third-order valence-corrected chi connectivity index (χ3v) is 4.06. The number of ether oxygens (including phenoxy) is 2. The fourth-order valence-corrected chi connectivity index (χ4v) is 2.80. The average molecular weight is 266 g/mol. The Kier molecular flexibility index (Phi) is 5.31. The van der Waals surface area contributed by atoms with Crippen LogP contribution in [0.15, 0.2) is 0 Å². The molecule has 1 atom stereocenters. The van der Waals surface area contributed by atoms with E-state index in [0.717, 1.165) is 0 Å². The zero-order valence-corrected chi connectivity index (χ0v) is 10.8. The van der Waals surface area contributed by atoms with Crippen LogP contribution in [0.25, 0.3) is 0 Å². The lowest BCUT2D eigenvalue weighted by atomic mass is 10.2. The van der Waals surface area contributed by atoms with Crippen molar-refractivity contribution in [3.63, 3.8) is 0 Å². The Balaban J connectivity index is 2.57. The van der Waals surface area contributed by atoms with Gasteiger partial charge in [0.05, 0.1) is 26.2 Å². The molecule has 1 rings (SSSR count). The molecule has 0 aromatic carbocycles. The highest BCUT2D eigenvalue weighted by Crippen LogP contribution is 2.12. The molecule has 0 radical (unpaired) electrons. The minimum atomic E-state index is -3.46. The van der Waals surface area contributed by atoms with Gasteiger partial charge in [0.1, 0.15) is 0 Å². The maximum Gasteiger partial charge on any atom is 0.308 e. The molecular weight excluding hydrogens is 248 g/mol. The number of methoxy groups -OCH3 is 1. The highest BCUT2D eigenvalue weighted by Gasteiger charge is 2.30. The van der Waals surface area contributed by atoms with E-state index in [1.54, 1.807) is 6.92 Å². The lowest BCUT2D eigenvalue weighted by molar-refractivity contribution is -0.145. The zero-order valence-electron chi connectivity index (χ0n) is 10.0. The SMILES string of the molecule is CCNS(=O)(=O)N1CCOC(CC(=O)OC)C1. The van der Waals surface area contributed by atoms with Crippen LogP contribution < -0.4 is 4.72 Å². The van der Waals surface area contributed by atoms with E-state index in [9.17, 15) is 13.2 Å². The van der Waals surface area contributed by atoms with Crippen molar-refractivity contribution in [2.45, 2.75) is 19.4 Å². The normalized spacial score (nSPS) is 22.4. The van der Waals surface area contributed by atoms with Crippen LogP contribution in [0.3, 0.4) is 0 Å². The molecule has 0 spiro atoms. The Labute approximate surface area is 101 Å². The maximum absolute atomic E-state index is 11.7. The van der Waals surface area contributed by atoms with E-state index in [1.165, 1.54) is 11.4 Å². The first kappa shape index (κ1) is 14.4. The van der Waals surface area contributed by atoms with Gasteiger partial charge in [-0.3, -0.25) is 4.79 Å². The van der Waals surface area contributed by atoms with Gasteiger partial charge in [0, 0.05) is 19.6 Å². The Morgan fingerprint density at radius 2 is 2.29 bits per heavy atom. The van der Waals surface area contributed by atoms with Gasteiger partial charge in [-0.2, -0.15) is 12.7 Å². The number of carbonyl (C=O) groups is 1. The van der Waals surface area contributed by atoms with Gasteiger partial charge in [-0.15, -0.1) is 0 Å². The molecule has 1 saturated heterocycles. The highest BCUT2D eigenvalue weighted by molar-refractivity contribution is 7.87. The fraction of sp³-hybridized carbons (Fsp3) is 0.889. The number of carbonyl (C=O) groups excluding carboxylic acids is 1. The van der Waals surface area contributed by atoms with Crippen LogP contribution in [0.5, 0.6) is 0 Å². The molecule has 100 valence electrons. The summed E-state index contributed by atoms with van der Waals surface area (Å²) >= 11 is 0. The molecule has 1 heterocycles. The number of hydrogen-bond acceptors (Lipinski definition) is 5. The van der Waals surface area contributed by atoms with Gasteiger partial charge in [-0.1, -0.05) is 6.92 Å². The summed E-state index contributed by atoms with van der Waals surface area (Å²) in [6.45, 7) is 2.80. The molecule has 17 heavy (non-hydrogen) atoms. The summed E-state index contributed by atoms with van der Waals surface area (Å²) < 4.78 is 37.0. The number of esters is 1. The van der Waals surface area contributed by atoms with Gasteiger partial charge in [0.15, 0.2) is 0 Å². The molecule has 1 aliphatic rings. The third-order valence-electron chi connectivity index (χ3n) is 2.39. The van der Waals surface area contributed by atoms with Crippen LogP contribution in [-0.4, -0.2) is 58.1 Å². The number of rotatable bonds is 5. The van der Waals surface area contributed by atoms with Gasteiger partial charge in [0.2, 0.25) is 0 Å². The molecule has 1 N–H and O–H groups in total. The Bertz CT molecular complexity index is 356.